The van der Waals surface area contributed by atoms with Crippen LogP contribution in [0.25, 0.3) is 0 Å². The average molecular weight is 376 g/mol. The fourth-order valence-electron chi connectivity index (χ4n) is 5.27. The lowest BCUT2D eigenvalue weighted by Gasteiger charge is -2.56. The van der Waals surface area contributed by atoms with Crippen LogP contribution in [0, 0.1) is 23.2 Å². The van der Waals surface area contributed by atoms with E-state index in [1.165, 1.54) is 50.3 Å². The van der Waals surface area contributed by atoms with E-state index in [1.807, 2.05) is 0 Å². The fraction of sp³-hybridized carbons (Fsp3) is 0.867. The van der Waals surface area contributed by atoms with Crippen LogP contribution >= 0.6 is 11.8 Å². The number of nitrogens with two attached hydrogens (primary N) is 2. The van der Waals surface area contributed by atoms with Gasteiger partial charge in [-0.05, 0) is 73.5 Å². The van der Waals surface area contributed by atoms with Gasteiger partial charge in [-0.3, -0.25) is 15.9 Å². The van der Waals surface area contributed by atoms with Crippen molar-refractivity contribution in [3.63, 3.8) is 0 Å². The summed E-state index contributed by atoms with van der Waals surface area (Å²) in [5.41, 5.74) is 5.73. The molecule has 4 aliphatic rings. The molecule has 0 unspecified atom stereocenters. The first-order valence-corrected chi connectivity index (χ1v) is 8.81. The summed E-state index contributed by atoms with van der Waals surface area (Å²) in [6, 6.07) is 0. The Bertz CT molecular complexity index is 380. The largest absolute Gasteiger partial charge is 1.00 e. The average Bonchev–Trinajstić information content (AvgIpc) is 2.32. The molecule has 0 saturated heterocycles. The van der Waals surface area contributed by atoms with Crippen LogP contribution in [0.15, 0.2) is 0 Å². The van der Waals surface area contributed by atoms with E-state index in [9.17, 15) is 4.79 Å². The first-order chi connectivity index (χ1) is 9.55. The summed E-state index contributed by atoms with van der Waals surface area (Å²) in [6.45, 7) is 0.660. The molecule has 120 valence electrons. The highest BCUT2D eigenvalue weighted by Crippen LogP contribution is 2.61. The number of amides is 1. The summed E-state index contributed by atoms with van der Waals surface area (Å²) >= 11 is 1.40. The standard InChI is InChI=1S/C15H25N3OS.BrH/c16-14(17)20-2-1-18-13(19)9-15-6-10-3-11(7-15)5-12(4-10)8-15;/h10-12H,1-9H2,(H3,16,17)(H,18,19);1H. The number of carbonyl (C=O) groups is 1. The van der Waals surface area contributed by atoms with Gasteiger partial charge in [-0.15, -0.1) is 0 Å². The van der Waals surface area contributed by atoms with Gasteiger partial charge in [-0.1, -0.05) is 0 Å². The molecule has 4 fully saturated rings. The van der Waals surface area contributed by atoms with Crippen molar-refractivity contribution in [2.24, 2.45) is 28.9 Å². The van der Waals surface area contributed by atoms with Crippen LogP contribution in [0.3, 0.4) is 0 Å². The lowest BCUT2D eigenvalue weighted by Crippen LogP contribution is -3.00. The summed E-state index contributed by atoms with van der Waals surface area (Å²) in [5.74, 6) is 3.72. The molecule has 6 heteroatoms. The monoisotopic (exact) mass is 375 g/mol. The molecule has 0 aromatic rings. The molecule has 0 aromatic heterocycles. The Labute approximate surface area is 141 Å². The summed E-state index contributed by atoms with van der Waals surface area (Å²) in [5, 5.41) is 8.79. The van der Waals surface area contributed by atoms with E-state index in [1.54, 1.807) is 0 Å². The van der Waals surface area contributed by atoms with Gasteiger partial charge in [0.1, 0.15) is 0 Å². The second-order valence-electron chi connectivity index (χ2n) is 7.20. The number of hydrogen-bond acceptors (Lipinski definition) is 2. The van der Waals surface area contributed by atoms with E-state index in [0.717, 1.165) is 29.9 Å². The molecular weight excluding hydrogens is 350 g/mol. The quantitative estimate of drug-likeness (QED) is 0.282. The van der Waals surface area contributed by atoms with Crippen LogP contribution < -0.4 is 33.4 Å². The van der Waals surface area contributed by atoms with Crippen LogP contribution in [0.5, 0.6) is 0 Å². The summed E-state index contributed by atoms with van der Waals surface area (Å²) in [6.07, 6.45) is 8.93. The SMILES string of the molecule is NC(=[NH2+])SCCNC(=O)CC12CC3CC(CC(C3)C1)C2.[Br-]. The van der Waals surface area contributed by atoms with Crippen LogP contribution in [-0.2, 0) is 4.79 Å². The molecule has 4 rings (SSSR count). The van der Waals surface area contributed by atoms with Gasteiger partial charge in [-0.2, -0.15) is 0 Å². The van der Waals surface area contributed by atoms with Gasteiger partial charge in [0.05, 0.1) is 0 Å². The zero-order valence-electron chi connectivity index (χ0n) is 12.4. The zero-order chi connectivity index (χ0) is 14.2. The molecule has 0 spiro atoms. The predicted octanol–water partition coefficient (Wildman–Crippen LogP) is -2.48. The van der Waals surface area contributed by atoms with Gasteiger partial charge < -0.3 is 22.3 Å². The Kier molecular flexibility index (Phi) is 5.63. The number of amidine groups is 1. The third-order valence-corrected chi connectivity index (χ3v) is 6.14. The van der Waals surface area contributed by atoms with Crippen LogP contribution in [-0.4, -0.2) is 23.4 Å². The molecule has 4 nitrogen and oxygen atoms in total. The lowest BCUT2D eigenvalue weighted by atomic mass is 9.49. The smallest absolute Gasteiger partial charge is 0.299 e. The molecule has 4 saturated carbocycles. The minimum absolute atomic E-state index is 0. The number of nitrogens with one attached hydrogen (secondary N) is 1. The van der Waals surface area contributed by atoms with Gasteiger partial charge in [0, 0.05) is 18.7 Å². The Balaban J connectivity index is 0.00000161. The van der Waals surface area contributed by atoms with Crippen LogP contribution in [0.2, 0.25) is 0 Å². The number of thioether (sulfide) groups is 1. The van der Waals surface area contributed by atoms with Gasteiger partial charge in [0.15, 0.2) is 0 Å². The Morgan fingerprint density at radius 2 is 1.71 bits per heavy atom. The maximum atomic E-state index is 12.2. The maximum absolute atomic E-state index is 12.2. The minimum Gasteiger partial charge on any atom is -1.00 e. The minimum atomic E-state index is 0. The molecule has 4 bridgehead atoms. The second-order valence-corrected chi connectivity index (χ2v) is 8.36. The van der Waals surface area contributed by atoms with Crippen molar-refractivity contribution in [2.75, 3.05) is 12.3 Å². The first kappa shape index (κ1) is 17.1. The first-order valence-electron chi connectivity index (χ1n) is 7.82. The second kappa shape index (κ2) is 6.90. The van der Waals surface area contributed by atoms with E-state index in [0.29, 0.717) is 17.1 Å². The van der Waals surface area contributed by atoms with E-state index in [4.69, 9.17) is 11.1 Å². The predicted molar refractivity (Wildman–Crippen MR) is 81.8 cm³/mol. The van der Waals surface area contributed by atoms with Gasteiger partial charge in [-0.25, -0.2) is 0 Å². The van der Waals surface area contributed by atoms with Crippen molar-refractivity contribution in [2.45, 2.75) is 44.9 Å². The molecule has 5 N–H and O–H groups in total. The number of hydrogen-bond donors (Lipinski definition) is 3. The molecule has 1 amide bonds. The van der Waals surface area contributed by atoms with Crippen molar-refractivity contribution < 1.29 is 27.2 Å². The highest BCUT2D eigenvalue weighted by molar-refractivity contribution is 8.13. The van der Waals surface area contributed by atoms with Gasteiger partial charge in [0.2, 0.25) is 5.91 Å². The molecule has 0 atom stereocenters. The van der Waals surface area contributed by atoms with Crippen LogP contribution in [0.1, 0.15) is 44.9 Å². The normalized spacial score (nSPS) is 36.1. The molecule has 0 aromatic carbocycles. The fourth-order valence-corrected chi connectivity index (χ4v) is 5.71. The Hall–Kier alpha value is -0.230. The molecule has 0 aliphatic heterocycles. The molecule has 0 radical (unpaired) electrons. The zero-order valence-corrected chi connectivity index (χ0v) is 14.8. The van der Waals surface area contributed by atoms with E-state index < -0.39 is 0 Å². The topological polar surface area (TPSA) is 80.7 Å². The van der Waals surface area contributed by atoms with Crippen LogP contribution in [0.4, 0.5) is 0 Å². The highest BCUT2D eigenvalue weighted by atomic mass is 79.9. The van der Waals surface area contributed by atoms with Crippen molar-refractivity contribution >= 4 is 22.8 Å². The number of carbonyl (C=O) groups excluding carboxylic acids is 1. The maximum Gasteiger partial charge on any atom is 0.299 e. The van der Waals surface area contributed by atoms with Crippen molar-refractivity contribution in [1.29, 1.82) is 0 Å². The molecule has 21 heavy (non-hydrogen) atoms. The summed E-state index contributed by atoms with van der Waals surface area (Å²) in [4.78, 5) is 12.2. The third-order valence-electron chi connectivity index (χ3n) is 5.39. The third kappa shape index (κ3) is 4.15. The number of halogens is 1. The summed E-state index contributed by atoms with van der Waals surface area (Å²) < 4.78 is 0. The van der Waals surface area contributed by atoms with E-state index >= 15 is 0 Å². The Morgan fingerprint density at radius 3 is 2.19 bits per heavy atom. The van der Waals surface area contributed by atoms with E-state index in [-0.39, 0.29) is 22.9 Å². The van der Waals surface area contributed by atoms with Gasteiger partial charge in [0.25, 0.3) is 5.17 Å². The number of rotatable bonds is 5. The summed E-state index contributed by atoms with van der Waals surface area (Å²) in [7, 11) is 0. The molecular formula is C15H26BrN3OS. The van der Waals surface area contributed by atoms with Crippen molar-refractivity contribution in [3.8, 4) is 0 Å². The molecule has 4 aliphatic carbocycles. The molecule has 0 heterocycles. The van der Waals surface area contributed by atoms with Crippen molar-refractivity contribution in [3.05, 3.63) is 0 Å². The van der Waals surface area contributed by atoms with Gasteiger partial charge >= 0.3 is 0 Å². The lowest BCUT2D eigenvalue weighted by molar-refractivity contribution is -0.129. The van der Waals surface area contributed by atoms with Crippen molar-refractivity contribution in [1.82, 2.24) is 5.32 Å². The Morgan fingerprint density at radius 1 is 1.19 bits per heavy atom. The highest BCUT2D eigenvalue weighted by Gasteiger charge is 2.51. The van der Waals surface area contributed by atoms with E-state index in [2.05, 4.69) is 5.32 Å².